The molecule has 0 aliphatic carbocycles. The van der Waals surface area contributed by atoms with Crippen LogP contribution in [0, 0.1) is 0 Å². The van der Waals surface area contributed by atoms with Crippen molar-refractivity contribution >= 4 is 41.8 Å². The van der Waals surface area contributed by atoms with Crippen LogP contribution in [0.15, 0.2) is 53.9 Å². The zero-order chi connectivity index (χ0) is 22.6. The van der Waals surface area contributed by atoms with Gasteiger partial charge in [0.2, 0.25) is 0 Å². The van der Waals surface area contributed by atoms with Crippen molar-refractivity contribution in [3.05, 3.63) is 54.6 Å². The number of aliphatic hydroxyl groups excluding tert-OH is 1. The zero-order valence-corrected chi connectivity index (χ0v) is 17.4. The quantitative estimate of drug-likeness (QED) is 0.371. The van der Waals surface area contributed by atoms with Gasteiger partial charge in [-0.15, -0.1) is 0 Å². The van der Waals surface area contributed by atoms with Gasteiger partial charge in [0.15, 0.2) is 5.82 Å². The highest BCUT2D eigenvalue weighted by Gasteiger charge is 2.32. The maximum absolute atomic E-state index is 12.7. The number of pyridine rings is 1. The summed E-state index contributed by atoms with van der Waals surface area (Å²) in [5.74, 6) is 0.285. The molecule has 0 amide bonds. The summed E-state index contributed by atoms with van der Waals surface area (Å²) in [7, 11) is 7.91. The number of rotatable bonds is 4. The summed E-state index contributed by atoms with van der Waals surface area (Å²) in [6.45, 7) is 1.93. The molecule has 0 saturated carbocycles. The van der Waals surface area contributed by atoms with Crippen molar-refractivity contribution in [3.8, 4) is 5.82 Å². The van der Waals surface area contributed by atoms with Gasteiger partial charge in [0.1, 0.15) is 7.85 Å². The molecule has 0 unspecified atom stereocenters. The largest absolute Gasteiger partial charge is 0.419 e. The molecule has 160 valence electrons. The van der Waals surface area contributed by atoms with E-state index in [-0.39, 0.29) is 12.4 Å². The molecular weight excluding hydrogens is 428 g/mol. The second-order valence-electron chi connectivity index (χ2n) is 6.28. The molecule has 31 heavy (non-hydrogen) atoms. The fraction of sp³-hybridized carbons (Fsp3) is 0.211. The summed E-state index contributed by atoms with van der Waals surface area (Å²) in [4.78, 5) is 4.93. The van der Waals surface area contributed by atoms with Crippen LogP contribution in [-0.4, -0.2) is 44.1 Å². The Morgan fingerprint density at radius 3 is 2.48 bits per heavy atom. The first-order chi connectivity index (χ1) is 14.7. The minimum Gasteiger partial charge on any atom is -0.397 e. The molecular formula is C19H18BF3N6OS. The van der Waals surface area contributed by atoms with Crippen molar-refractivity contribution in [3.63, 3.8) is 0 Å². The van der Waals surface area contributed by atoms with Gasteiger partial charge in [-0.05, 0) is 31.0 Å². The number of alkyl halides is 3. The molecule has 0 atom stereocenters. The van der Waals surface area contributed by atoms with Crippen LogP contribution in [0.2, 0.25) is 0 Å². The van der Waals surface area contributed by atoms with Gasteiger partial charge in [-0.1, -0.05) is 17.6 Å². The zero-order valence-electron chi connectivity index (χ0n) is 16.6. The van der Waals surface area contributed by atoms with Crippen molar-refractivity contribution in [2.75, 3.05) is 11.3 Å². The Morgan fingerprint density at radius 2 is 1.87 bits per heavy atom. The predicted octanol–water partition coefficient (Wildman–Crippen LogP) is 3.08. The second kappa shape index (κ2) is 9.44. The van der Waals surface area contributed by atoms with E-state index >= 15 is 0 Å². The molecule has 0 spiro atoms. The summed E-state index contributed by atoms with van der Waals surface area (Å²) in [6.07, 6.45) is 0.521. The predicted molar refractivity (Wildman–Crippen MR) is 115 cm³/mol. The number of benzene rings is 1. The van der Waals surface area contributed by atoms with Crippen molar-refractivity contribution in [2.45, 2.75) is 18.0 Å². The number of hydrogen-bond acceptors (Lipinski definition) is 6. The number of hydrogen-bond donors (Lipinski definition) is 2. The van der Waals surface area contributed by atoms with E-state index in [1.807, 2.05) is 13.1 Å². The molecule has 2 radical (unpaired) electrons. The van der Waals surface area contributed by atoms with Crippen molar-refractivity contribution in [2.24, 2.45) is 7.05 Å². The van der Waals surface area contributed by atoms with Crippen LogP contribution < -0.4 is 10.2 Å². The molecule has 0 bridgehead atoms. The monoisotopic (exact) mass is 446 g/mol. The number of nitrogens with zero attached hydrogens (tertiary/aromatic N) is 5. The van der Waals surface area contributed by atoms with Crippen LogP contribution >= 0.6 is 11.9 Å². The maximum Gasteiger partial charge on any atom is 0.419 e. The Balaban J connectivity index is 0.000000858. The molecule has 7 nitrogen and oxygen atoms in total. The van der Waals surface area contributed by atoms with E-state index in [0.717, 1.165) is 38.6 Å². The Labute approximate surface area is 181 Å². The summed E-state index contributed by atoms with van der Waals surface area (Å²) in [6, 6.07) is 7.01. The number of aromatic nitrogens is 5. The Bertz CT molecular complexity index is 1160. The number of halogens is 3. The van der Waals surface area contributed by atoms with E-state index in [2.05, 4.69) is 19.9 Å². The molecule has 12 heteroatoms. The topological polar surface area (TPSA) is 80.8 Å². The molecule has 3 aromatic heterocycles. The first-order valence-electron chi connectivity index (χ1n) is 9.06. The van der Waals surface area contributed by atoms with Gasteiger partial charge < -0.3 is 9.83 Å². The minimum atomic E-state index is -4.44. The fourth-order valence-electron chi connectivity index (χ4n) is 2.66. The van der Waals surface area contributed by atoms with Crippen molar-refractivity contribution in [1.29, 1.82) is 0 Å². The lowest BCUT2D eigenvalue weighted by molar-refractivity contribution is -0.137. The van der Waals surface area contributed by atoms with Gasteiger partial charge in [-0.2, -0.15) is 23.4 Å². The summed E-state index contributed by atoms with van der Waals surface area (Å²) >= 11 is 1.28. The van der Waals surface area contributed by atoms with Crippen LogP contribution in [0.5, 0.6) is 0 Å². The minimum absolute atomic E-state index is 0.250. The average Bonchev–Trinajstić information content (AvgIpc) is 3.36. The Hall–Kier alpha value is -2.99. The molecule has 0 aliphatic heterocycles. The third-order valence-electron chi connectivity index (χ3n) is 4.07. The lowest BCUT2D eigenvalue weighted by atomic mass is 9.93. The van der Waals surface area contributed by atoms with E-state index < -0.39 is 11.7 Å². The number of aryl methyl sites for hydroxylation is 1. The highest BCUT2D eigenvalue weighted by molar-refractivity contribution is 8.00. The van der Waals surface area contributed by atoms with E-state index in [1.165, 1.54) is 11.9 Å². The first-order valence-corrected chi connectivity index (χ1v) is 9.88. The van der Waals surface area contributed by atoms with Crippen LogP contribution in [-0.2, 0) is 13.2 Å². The number of nitrogens with one attached hydrogen (secondary N) is 1. The van der Waals surface area contributed by atoms with E-state index in [1.54, 1.807) is 42.2 Å². The maximum atomic E-state index is 12.7. The normalized spacial score (nSPS) is 11.3. The molecule has 4 rings (SSSR count). The van der Waals surface area contributed by atoms with Gasteiger partial charge in [-0.25, -0.2) is 9.67 Å². The third kappa shape index (κ3) is 5.20. The van der Waals surface area contributed by atoms with Gasteiger partial charge >= 0.3 is 6.18 Å². The number of fused-ring (bicyclic) bond motifs is 1. The Kier molecular flexibility index (Phi) is 6.91. The molecule has 0 aliphatic rings. The molecule has 0 saturated heterocycles. The number of anilines is 1. The summed E-state index contributed by atoms with van der Waals surface area (Å²) in [5.41, 5.74) is 1.35. The van der Waals surface area contributed by atoms with Gasteiger partial charge in [0, 0.05) is 36.3 Å². The van der Waals surface area contributed by atoms with Crippen LogP contribution in [0.3, 0.4) is 0 Å². The lowest BCUT2D eigenvalue weighted by Crippen LogP contribution is -2.10. The van der Waals surface area contributed by atoms with Crippen molar-refractivity contribution in [1.82, 2.24) is 24.5 Å². The van der Waals surface area contributed by atoms with E-state index in [4.69, 9.17) is 13.0 Å². The SMILES string of the molecule is CCO.[B]c1ccc2cnn(C)c2c1NSc1ccc(-n2cc(C(F)(F)F)cn2)nc1. The van der Waals surface area contributed by atoms with Gasteiger partial charge in [0.05, 0.1) is 29.2 Å². The van der Waals surface area contributed by atoms with Crippen LogP contribution in [0.25, 0.3) is 16.7 Å². The standard InChI is InChI=1S/C17H12BF3N6S.C2H6O/c1-26-16-10(6-23-26)2-4-13(18)15(16)25-28-12-3-5-14(22-8-12)27-9-11(7-24-27)17(19,20)21;1-2-3/h2-9,25H,1H3;3H,2H2,1H3. The van der Waals surface area contributed by atoms with Gasteiger partial charge in [-0.3, -0.25) is 4.68 Å². The summed E-state index contributed by atoms with van der Waals surface area (Å²) < 4.78 is 44.1. The molecule has 4 aromatic rings. The summed E-state index contributed by atoms with van der Waals surface area (Å²) in [5, 5.41) is 16.5. The number of aliphatic hydroxyl groups is 1. The first kappa shape index (κ1) is 22.7. The smallest absolute Gasteiger partial charge is 0.397 e. The Morgan fingerprint density at radius 1 is 1.13 bits per heavy atom. The van der Waals surface area contributed by atoms with Crippen LogP contribution in [0.1, 0.15) is 12.5 Å². The molecule has 0 fully saturated rings. The fourth-order valence-corrected chi connectivity index (χ4v) is 3.34. The lowest BCUT2D eigenvalue weighted by Gasteiger charge is -2.11. The second-order valence-corrected chi connectivity index (χ2v) is 7.16. The highest BCUT2D eigenvalue weighted by atomic mass is 32.2. The van der Waals surface area contributed by atoms with Gasteiger partial charge in [0.25, 0.3) is 0 Å². The molecule has 1 aromatic carbocycles. The third-order valence-corrected chi connectivity index (χ3v) is 4.85. The van der Waals surface area contributed by atoms with Crippen molar-refractivity contribution < 1.29 is 18.3 Å². The highest BCUT2D eigenvalue weighted by Crippen LogP contribution is 2.29. The molecule has 3 heterocycles. The average molecular weight is 446 g/mol. The van der Waals surface area contributed by atoms with E-state index in [9.17, 15) is 13.2 Å². The van der Waals surface area contributed by atoms with E-state index in [0.29, 0.717) is 5.46 Å². The molecule has 2 N–H and O–H groups in total. The van der Waals surface area contributed by atoms with Crippen LogP contribution in [0.4, 0.5) is 18.9 Å².